The third kappa shape index (κ3) is 4.55. The zero-order valence-corrected chi connectivity index (χ0v) is 15.3. The molecule has 0 bridgehead atoms. The molecule has 0 aliphatic carbocycles. The van der Waals surface area contributed by atoms with Gasteiger partial charge in [-0.1, -0.05) is 29.3 Å². The Labute approximate surface area is 158 Å². The fourth-order valence-electron chi connectivity index (χ4n) is 2.83. The highest BCUT2D eigenvalue weighted by atomic mass is 35.5. The summed E-state index contributed by atoms with van der Waals surface area (Å²) in [5.41, 5.74) is 2.92. The summed E-state index contributed by atoms with van der Waals surface area (Å²) in [5, 5.41) is 13.8. The van der Waals surface area contributed by atoms with Crippen LogP contribution in [0, 0.1) is 11.3 Å². The molecule has 0 radical (unpaired) electrons. The van der Waals surface area contributed by atoms with Crippen LogP contribution in [0.5, 0.6) is 0 Å². The molecule has 1 heterocycles. The molecular formula is C18H18Cl3N3. The van der Waals surface area contributed by atoms with Gasteiger partial charge in [-0.25, -0.2) is 0 Å². The standard InChI is InChI=1S/C18H17Cl2N3.ClH/c19-15-4-3-14(18(20)9-15)11-22-16-7-8-23(12-16)17-5-1-13(10-21)2-6-17;/h1-6,9,16,22H,7-8,11-12H2;1H/t16-;/m0./s1. The average molecular weight is 383 g/mol. The van der Waals surface area contributed by atoms with E-state index in [1.165, 1.54) is 0 Å². The molecule has 0 saturated carbocycles. The Bertz CT molecular complexity index is 725. The number of hydrogen-bond donors (Lipinski definition) is 1. The highest BCUT2D eigenvalue weighted by Crippen LogP contribution is 2.23. The molecule has 1 fully saturated rings. The van der Waals surface area contributed by atoms with Gasteiger partial charge in [0.1, 0.15) is 0 Å². The maximum Gasteiger partial charge on any atom is 0.0991 e. The molecule has 0 aromatic heterocycles. The summed E-state index contributed by atoms with van der Waals surface area (Å²) in [6, 6.07) is 15.9. The fourth-order valence-corrected chi connectivity index (χ4v) is 3.30. The first-order valence-electron chi connectivity index (χ1n) is 7.58. The molecule has 126 valence electrons. The Balaban J connectivity index is 0.00000208. The van der Waals surface area contributed by atoms with Crippen molar-refractivity contribution in [2.75, 3.05) is 18.0 Å². The first-order valence-corrected chi connectivity index (χ1v) is 8.34. The van der Waals surface area contributed by atoms with E-state index in [0.29, 0.717) is 21.7 Å². The Hall–Kier alpha value is -1.44. The predicted octanol–water partition coefficient (Wildman–Crippen LogP) is 4.66. The molecule has 3 rings (SSSR count). The molecule has 24 heavy (non-hydrogen) atoms. The van der Waals surface area contributed by atoms with Crippen molar-refractivity contribution in [2.24, 2.45) is 0 Å². The van der Waals surface area contributed by atoms with Gasteiger partial charge in [-0.15, -0.1) is 12.4 Å². The SMILES string of the molecule is Cl.N#Cc1ccc(N2CC[C@H](NCc3ccc(Cl)cc3Cl)C2)cc1. The van der Waals surface area contributed by atoms with E-state index < -0.39 is 0 Å². The van der Waals surface area contributed by atoms with Gasteiger partial charge in [0.25, 0.3) is 0 Å². The first kappa shape index (κ1) is 18.9. The van der Waals surface area contributed by atoms with Crippen LogP contribution in [0.1, 0.15) is 17.5 Å². The molecule has 0 unspecified atom stereocenters. The highest BCUT2D eigenvalue weighted by Gasteiger charge is 2.22. The Morgan fingerprint density at radius 3 is 2.58 bits per heavy atom. The average Bonchev–Trinajstić information content (AvgIpc) is 3.03. The molecular weight excluding hydrogens is 365 g/mol. The van der Waals surface area contributed by atoms with Gasteiger partial charge in [0.2, 0.25) is 0 Å². The van der Waals surface area contributed by atoms with Crippen molar-refractivity contribution in [3.63, 3.8) is 0 Å². The minimum absolute atomic E-state index is 0. The molecule has 3 nitrogen and oxygen atoms in total. The zero-order valence-electron chi connectivity index (χ0n) is 13.0. The van der Waals surface area contributed by atoms with Crippen LogP contribution in [0.4, 0.5) is 5.69 Å². The third-order valence-electron chi connectivity index (χ3n) is 4.15. The molecule has 0 spiro atoms. The van der Waals surface area contributed by atoms with Crippen LogP contribution in [-0.2, 0) is 6.54 Å². The number of hydrogen-bond acceptors (Lipinski definition) is 3. The van der Waals surface area contributed by atoms with Gasteiger partial charge >= 0.3 is 0 Å². The van der Waals surface area contributed by atoms with Crippen molar-refractivity contribution in [3.05, 3.63) is 63.6 Å². The monoisotopic (exact) mass is 381 g/mol. The predicted molar refractivity (Wildman–Crippen MR) is 102 cm³/mol. The van der Waals surface area contributed by atoms with Crippen LogP contribution in [-0.4, -0.2) is 19.1 Å². The molecule has 1 aliphatic rings. The minimum Gasteiger partial charge on any atom is -0.370 e. The Morgan fingerprint density at radius 1 is 1.17 bits per heavy atom. The van der Waals surface area contributed by atoms with Gasteiger partial charge in [-0.3, -0.25) is 0 Å². The molecule has 2 aromatic carbocycles. The van der Waals surface area contributed by atoms with Gasteiger partial charge in [0, 0.05) is 41.4 Å². The maximum atomic E-state index is 8.86. The van der Waals surface area contributed by atoms with Crippen molar-refractivity contribution < 1.29 is 0 Å². The van der Waals surface area contributed by atoms with Crippen LogP contribution in [0.2, 0.25) is 10.0 Å². The minimum atomic E-state index is 0. The normalized spacial score (nSPS) is 16.5. The van der Waals surface area contributed by atoms with Crippen LogP contribution in [0.3, 0.4) is 0 Å². The number of nitriles is 1. The first-order chi connectivity index (χ1) is 11.2. The van der Waals surface area contributed by atoms with Crippen LogP contribution >= 0.6 is 35.6 Å². The van der Waals surface area contributed by atoms with Gasteiger partial charge in [-0.2, -0.15) is 5.26 Å². The Kier molecular flexibility index (Phi) is 6.77. The van der Waals surface area contributed by atoms with Gasteiger partial charge in [0.05, 0.1) is 11.6 Å². The summed E-state index contributed by atoms with van der Waals surface area (Å²) >= 11 is 12.1. The number of nitrogens with one attached hydrogen (secondary N) is 1. The summed E-state index contributed by atoms with van der Waals surface area (Å²) in [7, 11) is 0. The second-order valence-corrected chi connectivity index (χ2v) is 6.55. The lowest BCUT2D eigenvalue weighted by Gasteiger charge is -2.19. The van der Waals surface area contributed by atoms with Gasteiger partial charge in [-0.05, 0) is 48.4 Å². The number of benzene rings is 2. The summed E-state index contributed by atoms with van der Waals surface area (Å²) in [5.74, 6) is 0. The molecule has 6 heteroatoms. The van der Waals surface area contributed by atoms with Crippen molar-refractivity contribution in [1.29, 1.82) is 5.26 Å². The molecule has 1 saturated heterocycles. The number of anilines is 1. The molecule has 1 N–H and O–H groups in total. The molecule has 0 amide bonds. The lowest BCUT2D eigenvalue weighted by atomic mass is 10.2. The van der Waals surface area contributed by atoms with Gasteiger partial charge in [0.15, 0.2) is 0 Å². The van der Waals surface area contributed by atoms with E-state index in [0.717, 1.165) is 37.3 Å². The second kappa shape index (κ2) is 8.60. The van der Waals surface area contributed by atoms with Crippen molar-refractivity contribution >= 4 is 41.3 Å². The topological polar surface area (TPSA) is 39.1 Å². The lowest BCUT2D eigenvalue weighted by molar-refractivity contribution is 0.551. The van der Waals surface area contributed by atoms with Crippen molar-refractivity contribution in [3.8, 4) is 6.07 Å². The summed E-state index contributed by atoms with van der Waals surface area (Å²) in [6.45, 7) is 2.71. The van der Waals surface area contributed by atoms with Crippen LogP contribution in [0.25, 0.3) is 0 Å². The summed E-state index contributed by atoms with van der Waals surface area (Å²) < 4.78 is 0. The molecule has 1 atom stereocenters. The maximum absolute atomic E-state index is 8.86. The number of halogens is 3. The largest absolute Gasteiger partial charge is 0.370 e. The van der Waals surface area contributed by atoms with E-state index in [4.69, 9.17) is 28.5 Å². The fraction of sp³-hybridized carbons (Fsp3) is 0.278. The quantitative estimate of drug-likeness (QED) is 0.836. The molecule has 2 aromatic rings. The van der Waals surface area contributed by atoms with E-state index in [2.05, 4.69) is 16.3 Å². The Morgan fingerprint density at radius 2 is 1.92 bits per heavy atom. The highest BCUT2D eigenvalue weighted by molar-refractivity contribution is 6.35. The zero-order chi connectivity index (χ0) is 16.2. The van der Waals surface area contributed by atoms with Crippen molar-refractivity contribution in [1.82, 2.24) is 5.32 Å². The van der Waals surface area contributed by atoms with E-state index in [1.807, 2.05) is 36.4 Å². The lowest BCUT2D eigenvalue weighted by Crippen LogP contribution is -2.32. The van der Waals surface area contributed by atoms with Crippen LogP contribution in [0.15, 0.2) is 42.5 Å². The van der Waals surface area contributed by atoms with E-state index in [-0.39, 0.29) is 12.4 Å². The third-order valence-corrected chi connectivity index (χ3v) is 4.73. The second-order valence-electron chi connectivity index (χ2n) is 5.71. The number of nitrogens with zero attached hydrogens (tertiary/aromatic N) is 2. The number of rotatable bonds is 4. The van der Waals surface area contributed by atoms with E-state index in [9.17, 15) is 0 Å². The van der Waals surface area contributed by atoms with E-state index in [1.54, 1.807) is 6.07 Å². The smallest absolute Gasteiger partial charge is 0.0991 e. The molecule has 1 aliphatic heterocycles. The van der Waals surface area contributed by atoms with Crippen LogP contribution < -0.4 is 10.2 Å². The van der Waals surface area contributed by atoms with E-state index >= 15 is 0 Å². The van der Waals surface area contributed by atoms with Crippen molar-refractivity contribution in [2.45, 2.75) is 19.0 Å². The summed E-state index contributed by atoms with van der Waals surface area (Å²) in [6.07, 6.45) is 1.09. The summed E-state index contributed by atoms with van der Waals surface area (Å²) in [4.78, 5) is 2.34. The van der Waals surface area contributed by atoms with Gasteiger partial charge < -0.3 is 10.2 Å².